The summed E-state index contributed by atoms with van der Waals surface area (Å²) in [7, 11) is 0. The standard InChI is InChI=1S/C23H17F3N2O4/c1-13(29)32-16-7-4-6-14(11-16)22(30)27-12-15-5-2-3-8-19(15)28-23(31)17-9-10-18(24)21(26)20(17)25/h2-11H,12H2,1H3,(H,27,30)(H,28,31). The molecule has 0 aliphatic heterocycles. The summed E-state index contributed by atoms with van der Waals surface area (Å²) in [5.41, 5.74) is 0.308. The Morgan fingerprint density at radius 2 is 1.62 bits per heavy atom. The number of ether oxygens (including phenoxy) is 1. The zero-order chi connectivity index (χ0) is 23.3. The van der Waals surface area contributed by atoms with Crippen LogP contribution in [0.2, 0.25) is 0 Å². The van der Waals surface area contributed by atoms with Crippen LogP contribution in [0.15, 0.2) is 60.7 Å². The highest BCUT2D eigenvalue weighted by Crippen LogP contribution is 2.20. The molecule has 2 amide bonds. The molecule has 9 heteroatoms. The number of benzene rings is 3. The highest BCUT2D eigenvalue weighted by atomic mass is 19.2. The third-order valence-corrected chi connectivity index (χ3v) is 4.34. The summed E-state index contributed by atoms with van der Waals surface area (Å²) < 4.78 is 45.4. The highest BCUT2D eigenvalue weighted by Gasteiger charge is 2.19. The van der Waals surface area contributed by atoms with E-state index in [1.165, 1.54) is 31.2 Å². The van der Waals surface area contributed by atoms with Crippen LogP contribution >= 0.6 is 0 Å². The number of amides is 2. The number of hydrogen-bond acceptors (Lipinski definition) is 4. The Morgan fingerprint density at radius 1 is 0.875 bits per heavy atom. The zero-order valence-electron chi connectivity index (χ0n) is 16.7. The van der Waals surface area contributed by atoms with Gasteiger partial charge in [-0.05, 0) is 42.0 Å². The lowest BCUT2D eigenvalue weighted by Gasteiger charge is -2.13. The molecule has 0 radical (unpaired) electrons. The molecule has 0 aliphatic carbocycles. The smallest absolute Gasteiger partial charge is 0.308 e. The van der Waals surface area contributed by atoms with Crippen LogP contribution in [0.1, 0.15) is 33.2 Å². The minimum atomic E-state index is -1.74. The number of carbonyl (C=O) groups is 3. The first kappa shape index (κ1) is 22.5. The Bertz CT molecular complexity index is 1200. The molecule has 164 valence electrons. The second kappa shape index (κ2) is 9.78. The fourth-order valence-electron chi connectivity index (χ4n) is 2.83. The molecule has 0 spiro atoms. The average Bonchev–Trinajstić information content (AvgIpc) is 2.76. The predicted molar refractivity (Wildman–Crippen MR) is 110 cm³/mol. The van der Waals surface area contributed by atoms with Gasteiger partial charge >= 0.3 is 5.97 Å². The van der Waals surface area contributed by atoms with Gasteiger partial charge in [-0.1, -0.05) is 24.3 Å². The topological polar surface area (TPSA) is 84.5 Å². The number of hydrogen-bond donors (Lipinski definition) is 2. The molecule has 6 nitrogen and oxygen atoms in total. The largest absolute Gasteiger partial charge is 0.427 e. The zero-order valence-corrected chi connectivity index (χ0v) is 16.7. The second-order valence-corrected chi connectivity index (χ2v) is 6.64. The van der Waals surface area contributed by atoms with Gasteiger partial charge in [0.25, 0.3) is 11.8 Å². The van der Waals surface area contributed by atoms with Crippen molar-refractivity contribution in [1.82, 2.24) is 5.32 Å². The molecule has 3 aromatic rings. The van der Waals surface area contributed by atoms with E-state index in [9.17, 15) is 27.6 Å². The monoisotopic (exact) mass is 442 g/mol. The second-order valence-electron chi connectivity index (χ2n) is 6.64. The maximum atomic E-state index is 13.9. The van der Waals surface area contributed by atoms with E-state index >= 15 is 0 Å². The predicted octanol–water partition coefficient (Wildman–Crippen LogP) is 4.21. The first-order valence-corrected chi connectivity index (χ1v) is 9.35. The summed E-state index contributed by atoms with van der Waals surface area (Å²) in [5, 5.41) is 5.09. The van der Waals surface area contributed by atoms with Crippen LogP contribution in [-0.4, -0.2) is 17.8 Å². The molecule has 3 aromatic carbocycles. The summed E-state index contributed by atoms with van der Waals surface area (Å²) in [6, 6.07) is 13.9. The van der Waals surface area contributed by atoms with E-state index in [4.69, 9.17) is 4.74 Å². The quantitative estimate of drug-likeness (QED) is 0.340. The van der Waals surface area contributed by atoms with Gasteiger partial charge in [0.1, 0.15) is 5.75 Å². The van der Waals surface area contributed by atoms with Crippen LogP contribution < -0.4 is 15.4 Å². The van der Waals surface area contributed by atoms with Crippen molar-refractivity contribution in [1.29, 1.82) is 0 Å². The molecule has 0 saturated carbocycles. The third-order valence-electron chi connectivity index (χ3n) is 4.34. The van der Waals surface area contributed by atoms with Crippen molar-refractivity contribution in [3.63, 3.8) is 0 Å². The molecule has 0 heterocycles. The number of halogens is 3. The summed E-state index contributed by atoms with van der Waals surface area (Å²) in [4.78, 5) is 35.9. The molecule has 0 aliphatic rings. The molecule has 32 heavy (non-hydrogen) atoms. The van der Waals surface area contributed by atoms with Crippen molar-refractivity contribution >= 4 is 23.5 Å². The average molecular weight is 442 g/mol. The fourth-order valence-corrected chi connectivity index (χ4v) is 2.83. The SMILES string of the molecule is CC(=O)Oc1cccc(C(=O)NCc2ccccc2NC(=O)c2ccc(F)c(F)c2F)c1. The number of nitrogens with one attached hydrogen (secondary N) is 2. The van der Waals surface area contributed by atoms with Crippen molar-refractivity contribution in [2.75, 3.05) is 5.32 Å². The van der Waals surface area contributed by atoms with Crippen molar-refractivity contribution in [3.05, 3.63) is 94.8 Å². The Kier molecular flexibility index (Phi) is 6.89. The van der Waals surface area contributed by atoms with Crippen LogP contribution in [0.5, 0.6) is 5.75 Å². The van der Waals surface area contributed by atoms with Crippen molar-refractivity contribution in [2.45, 2.75) is 13.5 Å². The maximum absolute atomic E-state index is 13.9. The highest BCUT2D eigenvalue weighted by molar-refractivity contribution is 6.05. The van der Waals surface area contributed by atoms with Crippen LogP contribution in [0.25, 0.3) is 0 Å². The van der Waals surface area contributed by atoms with Crippen LogP contribution in [0, 0.1) is 17.5 Å². The first-order valence-electron chi connectivity index (χ1n) is 9.35. The minimum absolute atomic E-state index is 0.00661. The Hall–Kier alpha value is -4.14. The molecule has 3 rings (SSSR count). The summed E-state index contributed by atoms with van der Waals surface area (Å²) in [6.07, 6.45) is 0. The van der Waals surface area contributed by atoms with Crippen LogP contribution in [-0.2, 0) is 11.3 Å². The van der Waals surface area contributed by atoms with Gasteiger partial charge in [-0.15, -0.1) is 0 Å². The van der Waals surface area contributed by atoms with Crippen molar-refractivity contribution < 1.29 is 32.3 Å². The Balaban J connectivity index is 1.72. The molecular formula is C23H17F3N2O4. The molecule has 0 saturated heterocycles. The number of carbonyl (C=O) groups excluding carboxylic acids is 3. The normalized spacial score (nSPS) is 10.4. The van der Waals surface area contributed by atoms with Crippen molar-refractivity contribution in [2.24, 2.45) is 0 Å². The molecule has 0 atom stereocenters. The number of anilines is 1. The Labute approximate surface area is 181 Å². The maximum Gasteiger partial charge on any atom is 0.308 e. The minimum Gasteiger partial charge on any atom is -0.427 e. The molecule has 0 unspecified atom stereocenters. The summed E-state index contributed by atoms with van der Waals surface area (Å²) in [5.74, 6) is -6.49. The summed E-state index contributed by atoms with van der Waals surface area (Å²) >= 11 is 0. The Morgan fingerprint density at radius 3 is 2.38 bits per heavy atom. The molecule has 0 fully saturated rings. The van der Waals surface area contributed by atoms with Gasteiger partial charge in [0, 0.05) is 24.7 Å². The van der Waals surface area contributed by atoms with Gasteiger partial charge in [0.05, 0.1) is 5.56 Å². The lowest BCUT2D eigenvalue weighted by atomic mass is 10.1. The third kappa shape index (κ3) is 5.31. The summed E-state index contributed by atoms with van der Waals surface area (Å²) in [6.45, 7) is 1.23. The van der Waals surface area contributed by atoms with Gasteiger partial charge in [0.15, 0.2) is 17.5 Å². The number of rotatable bonds is 6. The number of esters is 1. The lowest BCUT2D eigenvalue weighted by molar-refractivity contribution is -0.131. The molecule has 2 N–H and O–H groups in total. The van der Waals surface area contributed by atoms with Crippen LogP contribution in [0.3, 0.4) is 0 Å². The van der Waals surface area contributed by atoms with E-state index in [-0.39, 0.29) is 23.5 Å². The van der Waals surface area contributed by atoms with E-state index in [0.29, 0.717) is 11.6 Å². The fraction of sp³-hybridized carbons (Fsp3) is 0.0870. The van der Waals surface area contributed by atoms with Gasteiger partial charge < -0.3 is 15.4 Å². The van der Waals surface area contributed by atoms with Gasteiger partial charge in [0.2, 0.25) is 0 Å². The van der Waals surface area contributed by atoms with Crippen LogP contribution in [0.4, 0.5) is 18.9 Å². The van der Waals surface area contributed by atoms with E-state index in [1.54, 1.807) is 24.3 Å². The van der Waals surface area contributed by atoms with E-state index in [0.717, 1.165) is 6.07 Å². The first-order chi connectivity index (χ1) is 15.3. The van der Waals surface area contributed by atoms with E-state index < -0.39 is 40.8 Å². The van der Waals surface area contributed by atoms with Gasteiger partial charge in [-0.3, -0.25) is 14.4 Å². The van der Waals surface area contributed by atoms with Gasteiger partial charge in [-0.25, -0.2) is 13.2 Å². The lowest BCUT2D eigenvalue weighted by Crippen LogP contribution is -2.24. The van der Waals surface area contributed by atoms with E-state index in [2.05, 4.69) is 10.6 Å². The number of para-hydroxylation sites is 1. The van der Waals surface area contributed by atoms with Gasteiger partial charge in [-0.2, -0.15) is 0 Å². The van der Waals surface area contributed by atoms with Crippen molar-refractivity contribution in [3.8, 4) is 5.75 Å². The van der Waals surface area contributed by atoms with E-state index in [1.807, 2.05) is 0 Å². The molecular weight excluding hydrogens is 425 g/mol. The molecule has 0 aromatic heterocycles. The molecule has 0 bridgehead atoms.